The second-order valence-electron chi connectivity index (χ2n) is 13.3. The van der Waals surface area contributed by atoms with Gasteiger partial charge in [0.25, 0.3) is 0 Å². The van der Waals surface area contributed by atoms with Crippen molar-refractivity contribution in [2.24, 2.45) is 11.3 Å². The maximum atomic E-state index is 11.2. The van der Waals surface area contributed by atoms with Crippen molar-refractivity contribution < 1.29 is 15.0 Å². The summed E-state index contributed by atoms with van der Waals surface area (Å²) in [6.07, 6.45) is 8.24. The number of piperidine rings is 1. The molecule has 2 aromatic heterocycles. The van der Waals surface area contributed by atoms with Crippen molar-refractivity contribution in [3.63, 3.8) is 0 Å². The first-order chi connectivity index (χ1) is 20.9. The molecule has 3 N–H and O–H groups in total. The van der Waals surface area contributed by atoms with Crippen LogP contribution in [0.5, 0.6) is 5.75 Å². The second-order valence-corrected chi connectivity index (χ2v) is 13.3. The molecule has 1 aromatic carbocycles. The smallest absolute Gasteiger partial charge is 0.306 e. The Bertz CT molecular complexity index is 1530. The van der Waals surface area contributed by atoms with Crippen LogP contribution >= 0.6 is 0 Å². The predicted octanol–water partition coefficient (Wildman–Crippen LogP) is 3.58. The average molecular weight is 583 g/mol. The molecule has 0 unspecified atom stereocenters. The number of carbonyl (C=O) groups is 1. The number of piperazine rings is 1. The third kappa shape index (κ3) is 4.74. The van der Waals surface area contributed by atoms with E-state index in [1.165, 1.54) is 12.8 Å². The minimum atomic E-state index is -0.615. The molecule has 43 heavy (non-hydrogen) atoms. The summed E-state index contributed by atoms with van der Waals surface area (Å²) >= 11 is 0. The van der Waals surface area contributed by atoms with Gasteiger partial charge in [0.05, 0.1) is 23.3 Å². The van der Waals surface area contributed by atoms with Gasteiger partial charge in [-0.15, -0.1) is 10.2 Å². The molecule has 11 nitrogen and oxygen atoms in total. The second kappa shape index (κ2) is 10.3. The molecule has 2 saturated carbocycles. The number of hydrogen-bond acceptors (Lipinski definition) is 10. The van der Waals surface area contributed by atoms with Crippen LogP contribution in [0.15, 0.2) is 42.6 Å². The van der Waals surface area contributed by atoms with Crippen LogP contribution in [0.2, 0.25) is 0 Å². The lowest BCUT2D eigenvalue weighted by atomic mass is 9.49. The van der Waals surface area contributed by atoms with E-state index in [1.54, 1.807) is 12.1 Å². The average Bonchev–Trinajstić information content (AvgIpc) is 2.99. The Labute approximate surface area is 251 Å². The Kier molecular flexibility index (Phi) is 6.39. The molecule has 5 heterocycles. The van der Waals surface area contributed by atoms with E-state index in [0.717, 1.165) is 88.1 Å². The zero-order valence-electron chi connectivity index (χ0n) is 24.3. The van der Waals surface area contributed by atoms with Gasteiger partial charge in [0.2, 0.25) is 5.95 Å². The van der Waals surface area contributed by atoms with Gasteiger partial charge < -0.3 is 30.2 Å². The first-order valence-corrected chi connectivity index (χ1v) is 15.7. The number of para-hydroxylation sites is 1. The lowest BCUT2D eigenvalue weighted by molar-refractivity contribution is -0.160. The molecule has 11 heteroatoms. The Balaban J connectivity index is 0.894. The van der Waals surface area contributed by atoms with E-state index in [2.05, 4.69) is 36.3 Å². The number of nitrogens with one attached hydrogen (secondary N) is 1. The number of carboxylic acid groups (broad SMARTS) is 1. The molecule has 2 aliphatic carbocycles. The fraction of sp³-hybridized carbons (Fsp3) is 0.531. The summed E-state index contributed by atoms with van der Waals surface area (Å²) in [5, 5.41) is 31.9. The summed E-state index contributed by atoms with van der Waals surface area (Å²) in [5.41, 5.74) is 3.83. The van der Waals surface area contributed by atoms with Gasteiger partial charge in [-0.05, 0) is 81.3 Å². The molecule has 3 aromatic rings. The van der Waals surface area contributed by atoms with E-state index in [1.807, 2.05) is 24.4 Å². The molecular weight excluding hydrogens is 544 g/mol. The number of likely N-dealkylation sites (tertiary alicyclic amines) is 1. The van der Waals surface area contributed by atoms with E-state index in [-0.39, 0.29) is 17.7 Å². The number of aromatic nitrogens is 4. The van der Waals surface area contributed by atoms with Gasteiger partial charge in [0.1, 0.15) is 5.75 Å². The number of nitrogens with zero attached hydrogens (tertiary/aromatic N) is 7. The minimum absolute atomic E-state index is 0.107. The number of aliphatic carboxylic acids is 1. The molecule has 224 valence electrons. The van der Waals surface area contributed by atoms with Crippen molar-refractivity contribution in [1.82, 2.24) is 25.1 Å². The first-order valence-electron chi connectivity index (χ1n) is 15.7. The van der Waals surface area contributed by atoms with Crippen LogP contribution in [-0.2, 0) is 4.79 Å². The van der Waals surface area contributed by atoms with Crippen LogP contribution in [0.1, 0.15) is 50.1 Å². The summed E-state index contributed by atoms with van der Waals surface area (Å²) in [5.74, 6) is 1.52. The van der Waals surface area contributed by atoms with E-state index in [0.29, 0.717) is 28.6 Å². The topological polar surface area (TPSA) is 131 Å². The van der Waals surface area contributed by atoms with Gasteiger partial charge in [-0.25, -0.2) is 9.97 Å². The van der Waals surface area contributed by atoms with Gasteiger partial charge in [-0.3, -0.25) is 4.79 Å². The number of carboxylic acids is 1. The molecule has 1 atom stereocenters. The van der Waals surface area contributed by atoms with Gasteiger partial charge in [0, 0.05) is 55.6 Å². The fourth-order valence-electron chi connectivity index (χ4n) is 8.29. The monoisotopic (exact) mass is 582 g/mol. The molecule has 0 amide bonds. The van der Waals surface area contributed by atoms with Crippen molar-refractivity contribution >= 4 is 23.4 Å². The lowest BCUT2D eigenvalue weighted by Gasteiger charge is -2.59. The molecule has 5 aliphatic rings. The maximum Gasteiger partial charge on any atom is 0.306 e. The summed E-state index contributed by atoms with van der Waals surface area (Å²) in [7, 11) is 0. The molecule has 0 radical (unpaired) electrons. The van der Waals surface area contributed by atoms with Gasteiger partial charge in [-0.2, -0.15) is 0 Å². The Morgan fingerprint density at radius 3 is 2.58 bits per heavy atom. The molecule has 8 rings (SSSR count). The predicted molar refractivity (Wildman–Crippen MR) is 162 cm³/mol. The normalized spacial score (nSPS) is 28.8. The highest BCUT2D eigenvalue weighted by molar-refractivity contribution is 5.76. The van der Waals surface area contributed by atoms with Crippen molar-refractivity contribution in [1.29, 1.82) is 0 Å². The summed E-state index contributed by atoms with van der Waals surface area (Å²) in [6.45, 7) is 5.40. The lowest BCUT2D eigenvalue weighted by Crippen LogP contribution is -2.58. The molecule has 4 fully saturated rings. The van der Waals surface area contributed by atoms with Gasteiger partial charge in [-0.1, -0.05) is 12.1 Å². The van der Waals surface area contributed by atoms with Crippen LogP contribution in [-0.4, -0.2) is 92.6 Å². The van der Waals surface area contributed by atoms with Crippen molar-refractivity contribution in [3.8, 4) is 17.0 Å². The standard InChI is InChI=1S/C32H38N8O3/c41-28-4-2-1-3-24(28)26-13-27-29(37-36-26)34-18-23-19-39(11-12-40(23)27)31-33-8-5-25(35-31)20-6-9-38(10-7-20)22-16-32(17-22)14-21(15-32)30(42)43/h1-5,8,13,20-23,41H,6-7,9-12,14-19H2,(H,34,37)(H,42,43)/t21?,22?,23-,32?/m0/s1. The highest BCUT2D eigenvalue weighted by atomic mass is 16.4. The third-order valence-corrected chi connectivity index (χ3v) is 10.7. The van der Waals surface area contributed by atoms with E-state index >= 15 is 0 Å². The SMILES string of the molecule is O=C(O)C1CC2(C1)CC(N1CCC(c3ccnc(N4CCN5c6cc(-c7ccccc7O)nnc6NC[C@H]5C4)n3)CC1)C2. The van der Waals surface area contributed by atoms with Crippen molar-refractivity contribution in [2.45, 2.75) is 56.5 Å². The fourth-order valence-corrected chi connectivity index (χ4v) is 8.29. The highest BCUT2D eigenvalue weighted by Crippen LogP contribution is 2.60. The van der Waals surface area contributed by atoms with Crippen LogP contribution in [0, 0.1) is 11.3 Å². The van der Waals surface area contributed by atoms with Gasteiger partial charge >= 0.3 is 5.97 Å². The molecule has 3 aliphatic heterocycles. The number of fused-ring (bicyclic) bond motifs is 3. The van der Waals surface area contributed by atoms with Gasteiger partial charge in [0.15, 0.2) is 5.82 Å². The largest absolute Gasteiger partial charge is 0.507 e. The molecule has 2 saturated heterocycles. The Morgan fingerprint density at radius 2 is 1.79 bits per heavy atom. The molecule has 0 bridgehead atoms. The van der Waals surface area contributed by atoms with Crippen molar-refractivity contribution in [2.75, 3.05) is 54.4 Å². The third-order valence-electron chi connectivity index (χ3n) is 10.7. The van der Waals surface area contributed by atoms with Crippen LogP contribution < -0.4 is 15.1 Å². The number of anilines is 3. The number of benzene rings is 1. The number of phenols is 1. The number of aromatic hydroxyl groups is 1. The first kappa shape index (κ1) is 26.6. The van der Waals surface area contributed by atoms with E-state index < -0.39 is 5.97 Å². The summed E-state index contributed by atoms with van der Waals surface area (Å²) < 4.78 is 0. The highest BCUT2D eigenvalue weighted by Gasteiger charge is 2.56. The van der Waals surface area contributed by atoms with Crippen molar-refractivity contribution in [3.05, 3.63) is 48.3 Å². The Hall–Kier alpha value is -3.99. The van der Waals surface area contributed by atoms with Crippen LogP contribution in [0.4, 0.5) is 17.5 Å². The number of hydrogen-bond donors (Lipinski definition) is 3. The zero-order valence-corrected chi connectivity index (χ0v) is 24.3. The van der Waals surface area contributed by atoms with Crippen LogP contribution in [0.25, 0.3) is 11.3 Å². The number of phenolic OH excluding ortho intramolecular Hbond substituents is 1. The zero-order chi connectivity index (χ0) is 29.1. The van der Waals surface area contributed by atoms with Crippen LogP contribution in [0.3, 0.4) is 0 Å². The van der Waals surface area contributed by atoms with E-state index in [9.17, 15) is 15.0 Å². The minimum Gasteiger partial charge on any atom is -0.507 e. The number of rotatable bonds is 5. The molecule has 1 spiro atoms. The Morgan fingerprint density at radius 1 is 0.977 bits per heavy atom. The molecular formula is C32H38N8O3. The van der Waals surface area contributed by atoms with E-state index in [4.69, 9.17) is 9.97 Å². The summed E-state index contributed by atoms with van der Waals surface area (Å²) in [6, 6.07) is 12.2. The maximum absolute atomic E-state index is 11.2. The summed E-state index contributed by atoms with van der Waals surface area (Å²) in [4.78, 5) is 28.4. The quantitative estimate of drug-likeness (QED) is 0.408.